The molecule has 0 aliphatic heterocycles. The number of nitrogens with zero attached hydrogens (tertiary/aromatic N) is 1. The van der Waals surface area contributed by atoms with Crippen LogP contribution in [0.5, 0.6) is 11.5 Å². The van der Waals surface area contributed by atoms with Gasteiger partial charge in [-0.25, -0.2) is 9.78 Å². The van der Waals surface area contributed by atoms with Crippen LogP contribution in [0, 0.1) is 0 Å². The van der Waals surface area contributed by atoms with Gasteiger partial charge in [-0.15, -0.1) is 11.3 Å². The molecule has 0 aliphatic carbocycles. The van der Waals surface area contributed by atoms with Crippen LogP contribution in [0.25, 0.3) is 11.3 Å². The van der Waals surface area contributed by atoms with E-state index >= 15 is 0 Å². The van der Waals surface area contributed by atoms with E-state index in [0.29, 0.717) is 16.6 Å². The van der Waals surface area contributed by atoms with Crippen molar-refractivity contribution in [2.45, 2.75) is 13.0 Å². The summed E-state index contributed by atoms with van der Waals surface area (Å²) in [5.74, 6) is 0.0725. The summed E-state index contributed by atoms with van der Waals surface area (Å²) < 4.78 is 15.5. The van der Waals surface area contributed by atoms with Crippen LogP contribution in [0.4, 0.5) is 5.13 Å². The Balaban J connectivity index is 1.47. The summed E-state index contributed by atoms with van der Waals surface area (Å²) in [5, 5.41) is 4.95. The second kappa shape index (κ2) is 9.70. The minimum atomic E-state index is -0.981. The number of nitrogens with one attached hydrogen (secondary N) is 1. The normalized spacial score (nSPS) is 11.4. The molecule has 7 nitrogen and oxygen atoms in total. The van der Waals surface area contributed by atoms with Crippen LogP contribution < -0.4 is 14.8 Å². The molecule has 0 spiro atoms. The quantitative estimate of drug-likeness (QED) is 0.567. The molecular weight excluding hydrogens is 392 g/mol. The molecule has 8 heteroatoms. The van der Waals surface area contributed by atoms with E-state index in [9.17, 15) is 9.59 Å². The molecule has 1 aromatic heterocycles. The number of carbonyl (C=O) groups is 2. The Labute approximate surface area is 172 Å². The van der Waals surface area contributed by atoms with Gasteiger partial charge in [-0.3, -0.25) is 10.1 Å². The van der Waals surface area contributed by atoms with Gasteiger partial charge in [-0.2, -0.15) is 0 Å². The summed E-state index contributed by atoms with van der Waals surface area (Å²) in [6, 6.07) is 16.4. The Morgan fingerprint density at radius 2 is 1.76 bits per heavy atom. The summed E-state index contributed by atoms with van der Waals surface area (Å²) in [7, 11) is 1.56. The molecule has 0 aliphatic rings. The molecule has 0 saturated carbocycles. The fourth-order valence-electron chi connectivity index (χ4n) is 2.38. The fourth-order valence-corrected chi connectivity index (χ4v) is 3.10. The fraction of sp³-hybridized carbons (Fsp3) is 0.190. The van der Waals surface area contributed by atoms with E-state index in [-0.39, 0.29) is 6.61 Å². The lowest BCUT2D eigenvalue weighted by Crippen LogP contribution is -2.31. The second-order valence-corrected chi connectivity index (χ2v) is 6.85. The summed E-state index contributed by atoms with van der Waals surface area (Å²) in [6.07, 6.45) is -0.981. The number of methoxy groups -OCH3 is 1. The molecule has 1 N–H and O–H groups in total. The topological polar surface area (TPSA) is 86.8 Å². The maximum absolute atomic E-state index is 12.3. The van der Waals surface area contributed by atoms with Gasteiger partial charge in [0.1, 0.15) is 11.5 Å². The number of anilines is 1. The van der Waals surface area contributed by atoms with Gasteiger partial charge < -0.3 is 14.2 Å². The number of esters is 1. The molecule has 0 bridgehead atoms. The molecule has 0 radical (unpaired) electrons. The third kappa shape index (κ3) is 5.79. The molecule has 0 saturated heterocycles. The number of aromatic nitrogens is 1. The lowest BCUT2D eigenvalue weighted by Gasteiger charge is -2.13. The first-order chi connectivity index (χ1) is 14.0. The maximum atomic E-state index is 12.3. The van der Waals surface area contributed by atoms with E-state index in [1.807, 2.05) is 35.7 Å². The summed E-state index contributed by atoms with van der Waals surface area (Å²) in [6.45, 7) is 1.19. The zero-order chi connectivity index (χ0) is 20.6. The highest BCUT2D eigenvalue weighted by atomic mass is 32.1. The molecule has 1 amide bonds. The van der Waals surface area contributed by atoms with Crippen LogP contribution in [-0.4, -0.2) is 36.7 Å². The van der Waals surface area contributed by atoms with Crippen LogP contribution in [0.1, 0.15) is 6.92 Å². The smallest absolute Gasteiger partial charge is 0.344 e. The van der Waals surface area contributed by atoms with Gasteiger partial charge in [0, 0.05) is 10.9 Å². The highest BCUT2D eigenvalue weighted by Gasteiger charge is 2.19. The number of amides is 1. The van der Waals surface area contributed by atoms with Crippen LogP contribution in [0.2, 0.25) is 0 Å². The summed E-state index contributed by atoms with van der Waals surface area (Å²) in [5.41, 5.74) is 1.72. The van der Waals surface area contributed by atoms with Crippen molar-refractivity contribution in [3.8, 4) is 22.8 Å². The van der Waals surface area contributed by atoms with E-state index < -0.39 is 18.0 Å². The van der Waals surface area contributed by atoms with E-state index in [4.69, 9.17) is 14.2 Å². The number of hydrogen-bond donors (Lipinski definition) is 1. The number of rotatable bonds is 8. The van der Waals surface area contributed by atoms with Crippen molar-refractivity contribution in [3.63, 3.8) is 0 Å². The van der Waals surface area contributed by atoms with Gasteiger partial charge in [0.25, 0.3) is 5.91 Å². The lowest BCUT2D eigenvalue weighted by atomic mass is 10.2. The van der Waals surface area contributed by atoms with Crippen molar-refractivity contribution in [1.29, 1.82) is 0 Å². The van der Waals surface area contributed by atoms with Crippen molar-refractivity contribution >= 4 is 28.3 Å². The first kappa shape index (κ1) is 20.3. The molecule has 29 heavy (non-hydrogen) atoms. The minimum Gasteiger partial charge on any atom is -0.497 e. The van der Waals surface area contributed by atoms with Gasteiger partial charge in [-0.05, 0) is 31.2 Å². The zero-order valence-corrected chi connectivity index (χ0v) is 16.8. The largest absolute Gasteiger partial charge is 0.497 e. The van der Waals surface area contributed by atoms with Crippen molar-refractivity contribution < 1.29 is 23.8 Å². The number of hydrogen-bond acceptors (Lipinski definition) is 7. The van der Waals surface area contributed by atoms with E-state index in [0.717, 1.165) is 11.3 Å². The molecule has 2 aromatic carbocycles. The number of thiazole rings is 1. The van der Waals surface area contributed by atoms with Gasteiger partial charge in [0.15, 0.2) is 17.8 Å². The predicted molar refractivity (Wildman–Crippen MR) is 110 cm³/mol. The van der Waals surface area contributed by atoms with Crippen molar-refractivity contribution in [2.24, 2.45) is 0 Å². The highest BCUT2D eigenvalue weighted by molar-refractivity contribution is 7.14. The number of carbonyl (C=O) groups excluding carboxylic acids is 2. The van der Waals surface area contributed by atoms with Crippen molar-refractivity contribution in [3.05, 3.63) is 60.0 Å². The van der Waals surface area contributed by atoms with Gasteiger partial charge in [0.05, 0.1) is 12.8 Å². The monoisotopic (exact) mass is 412 g/mol. The van der Waals surface area contributed by atoms with Crippen LogP contribution in [0.15, 0.2) is 60.0 Å². The maximum Gasteiger partial charge on any atom is 0.344 e. The summed E-state index contributed by atoms with van der Waals surface area (Å²) >= 11 is 1.30. The first-order valence-corrected chi connectivity index (χ1v) is 9.71. The minimum absolute atomic E-state index is 0.306. The molecule has 1 atom stereocenters. The Morgan fingerprint density at radius 3 is 2.45 bits per heavy atom. The summed E-state index contributed by atoms with van der Waals surface area (Å²) in [4.78, 5) is 28.6. The number of ether oxygens (including phenoxy) is 3. The van der Waals surface area contributed by atoms with Crippen molar-refractivity contribution in [2.75, 3.05) is 19.0 Å². The zero-order valence-electron chi connectivity index (χ0n) is 16.0. The standard InChI is InChI=1S/C21H20N2O5S/c1-14(28-19(24)12-27-17-10-8-16(26-2)9-11-17)20(25)23-21-22-18(13-29-21)15-6-4-3-5-7-15/h3-11,13-14H,12H2,1-2H3,(H,22,23,25). The van der Waals surface area contributed by atoms with E-state index in [1.54, 1.807) is 31.4 Å². The lowest BCUT2D eigenvalue weighted by molar-refractivity contribution is -0.155. The third-order valence-electron chi connectivity index (χ3n) is 3.90. The average Bonchev–Trinajstić information content (AvgIpc) is 3.21. The van der Waals surface area contributed by atoms with Crippen molar-refractivity contribution in [1.82, 2.24) is 4.98 Å². The Kier molecular flexibility index (Phi) is 6.80. The Hall–Kier alpha value is -3.39. The molecule has 1 unspecified atom stereocenters. The second-order valence-electron chi connectivity index (χ2n) is 5.99. The van der Waals surface area contributed by atoms with Gasteiger partial charge in [0.2, 0.25) is 0 Å². The van der Waals surface area contributed by atoms with E-state index in [2.05, 4.69) is 10.3 Å². The third-order valence-corrected chi connectivity index (χ3v) is 4.66. The van der Waals surface area contributed by atoms with E-state index in [1.165, 1.54) is 18.3 Å². The predicted octanol–water partition coefficient (Wildman–Crippen LogP) is 3.77. The molecular formula is C21H20N2O5S. The van der Waals surface area contributed by atoms with Gasteiger partial charge in [-0.1, -0.05) is 30.3 Å². The van der Waals surface area contributed by atoms with Crippen LogP contribution in [0.3, 0.4) is 0 Å². The molecule has 150 valence electrons. The Morgan fingerprint density at radius 1 is 1.07 bits per heavy atom. The molecule has 3 rings (SSSR count). The first-order valence-electron chi connectivity index (χ1n) is 8.83. The Bertz CT molecular complexity index is 957. The van der Waals surface area contributed by atoms with Crippen LogP contribution in [-0.2, 0) is 14.3 Å². The SMILES string of the molecule is COc1ccc(OCC(=O)OC(C)C(=O)Nc2nc(-c3ccccc3)cs2)cc1. The molecule has 3 aromatic rings. The highest BCUT2D eigenvalue weighted by Crippen LogP contribution is 2.24. The average molecular weight is 412 g/mol. The van der Waals surface area contributed by atoms with Crippen LogP contribution >= 0.6 is 11.3 Å². The van der Waals surface area contributed by atoms with Gasteiger partial charge >= 0.3 is 5.97 Å². The molecule has 1 heterocycles. The molecule has 0 fully saturated rings. The number of benzene rings is 2.